The van der Waals surface area contributed by atoms with Gasteiger partial charge in [-0.05, 0) is 51.1 Å². The van der Waals surface area contributed by atoms with E-state index in [4.69, 9.17) is 11.6 Å². The van der Waals surface area contributed by atoms with E-state index in [1.54, 1.807) is 16.7 Å². The van der Waals surface area contributed by atoms with Crippen molar-refractivity contribution in [2.75, 3.05) is 25.0 Å². The van der Waals surface area contributed by atoms with E-state index in [2.05, 4.69) is 20.4 Å². The van der Waals surface area contributed by atoms with Gasteiger partial charge in [-0.1, -0.05) is 17.7 Å². The molecule has 1 fully saturated rings. The summed E-state index contributed by atoms with van der Waals surface area (Å²) in [5.74, 6) is 1.14. The molecule has 8 heteroatoms. The third kappa shape index (κ3) is 4.53. The summed E-state index contributed by atoms with van der Waals surface area (Å²) in [5.41, 5.74) is 0.583. The molecular weight excluding hydrogens is 354 g/mol. The second-order valence-electron chi connectivity index (χ2n) is 6.56. The summed E-state index contributed by atoms with van der Waals surface area (Å²) >= 11 is 5.93. The van der Waals surface area contributed by atoms with Crippen molar-refractivity contribution in [1.82, 2.24) is 19.7 Å². The lowest BCUT2D eigenvalue weighted by Gasteiger charge is -2.31. The van der Waals surface area contributed by atoms with Crippen molar-refractivity contribution in [3.05, 3.63) is 45.6 Å². The fourth-order valence-corrected chi connectivity index (χ4v) is 3.60. The van der Waals surface area contributed by atoms with Gasteiger partial charge in [-0.2, -0.15) is 5.10 Å². The van der Waals surface area contributed by atoms with Gasteiger partial charge in [0.25, 0.3) is 0 Å². The van der Waals surface area contributed by atoms with Gasteiger partial charge in [0.15, 0.2) is 0 Å². The topological polar surface area (TPSA) is 83.0 Å². The van der Waals surface area contributed by atoms with Gasteiger partial charge in [-0.25, -0.2) is 9.89 Å². The molecule has 0 bridgehead atoms. The Morgan fingerprint density at radius 2 is 2.15 bits per heavy atom. The van der Waals surface area contributed by atoms with E-state index in [9.17, 15) is 9.59 Å². The highest BCUT2D eigenvalue weighted by atomic mass is 35.5. The molecule has 0 radical (unpaired) electrons. The molecule has 1 amide bonds. The maximum atomic E-state index is 12.1. The van der Waals surface area contributed by atoms with Crippen LogP contribution < -0.4 is 11.0 Å². The second-order valence-corrected chi connectivity index (χ2v) is 6.99. The van der Waals surface area contributed by atoms with Crippen LogP contribution in [0.25, 0.3) is 0 Å². The van der Waals surface area contributed by atoms with Crippen molar-refractivity contribution in [1.29, 1.82) is 0 Å². The van der Waals surface area contributed by atoms with Crippen LogP contribution in [0.1, 0.15) is 37.9 Å². The van der Waals surface area contributed by atoms with Gasteiger partial charge in [-0.15, -0.1) is 0 Å². The summed E-state index contributed by atoms with van der Waals surface area (Å²) in [4.78, 5) is 26.1. The number of anilines is 1. The summed E-state index contributed by atoms with van der Waals surface area (Å²) in [6.45, 7) is 5.11. The Morgan fingerprint density at radius 1 is 1.38 bits per heavy atom. The Bertz CT molecular complexity index is 808. The molecule has 26 heavy (non-hydrogen) atoms. The highest BCUT2D eigenvalue weighted by Gasteiger charge is 2.25. The number of aromatic nitrogens is 3. The lowest BCUT2D eigenvalue weighted by molar-refractivity contribution is -0.116. The Labute approximate surface area is 157 Å². The average Bonchev–Trinajstić information content (AvgIpc) is 3.01. The van der Waals surface area contributed by atoms with Crippen molar-refractivity contribution in [2.24, 2.45) is 0 Å². The number of hydrogen-bond donors (Lipinski definition) is 2. The van der Waals surface area contributed by atoms with Crippen LogP contribution in [0.3, 0.4) is 0 Å². The van der Waals surface area contributed by atoms with Gasteiger partial charge in [-0.3, -0.25) is 9.36 Å². The van der Waals surface area contributed by atoms with Gasteiger partial charge in [0.05, 0.1) is 0 Å². The van der Waals surface area contributed by atoms with E-state index in [-0.39, 0.29) is 11.6 Å². The van der Waals surface area contributed by atoms with E-state index in [0.29, 0.717) is 23.9 Å². The zero-order valence-electron chi connectivity index (χ0n) is 14.9. The highest BCUT2D eigenvalue weighted by Crippen LogP contribution is 2.26. The van der Waals surface area contributed by atoms with E-state index < -0.39 is 0 Å². The van der Waals surface area contributed by atoms with Crippen LogP contribution in [0.15, 0.2) is 29.1 Å². The number of nitrogens with zero attached hydrogens (tertiary/aromatic N) is 3. The summed E-state index contributed by atoms with van der Waals surface area (Å²) in [5, 5.41) is 10.2. The molecular formula is C18H24ClN5O2. The number of hydrogen-bond acceptors (Lipinski definition) is 4. The number of halogens is 1. The molecule has 1 aromatic heterocycles. The third-order valence-corrected chi connectivity index (χ3v) is 5.06. The molecule has 1 aromatic carbocycles. The van der Waals surface area contributed by atoms with Gasteiger partial charge in [0, 0.05) is 36.1 Å². The van der Waals surface area contributed by atoms with Gasteiger partial charge >= 0.3 is 5.69 Å². The molecule has 2 heterocycles. The monoisotopic (exact) mass is 377 g/mol. The van der Waals surface area contributed by atoms with Crippen molar-refractivity contribution in [3.63, 3.8) is 0 Å². The fraction of sp³-hybridized carbons (Fsp3) is 0.500. The number of amides is 1. The molecule has 0 aliphatic carbocycles. The lowest BCUT2D eigenvalue weighted by Crippen LogP contribution is -2.36. The van der Waals surface area contributed by atoms with Crippen LogP contribution in [0, 0.1) is 0 Å². The molecule has 2 aromatic rings. The molecule has 1 aliphatic heterocycles. The quantitative estimate of drug-likeness (QED) is 0.810. The van der Waals surface area contributed by atoms with Crippen molar-refractivity contribution >= 4 is 23.2 Å². The third-order valence-electron chi connectivity index (χ3n) is 4.82. The minimum atomic E-state index is -0.136. The highest BCUT2D eigenvalue weighted by molar-refractivity contribution is 6.30. The first kappa shape index (κ1) is 18.7. The molecule has 0 spiro atoms. The normalized spacial score (nSPS) is 15.9. The fourth-order valence-electron chi connectivity index (χ4n) is 3.41. The summed E-state index contributed by atoms with van der Waals surface area (Å²) < 4.78 is 1.71. The Balaban J connectivity index is 1.45. The van der Waals surface area contributed by atoms with E-state index in [1.165, 1.54) is 0 Å². The molecule has 2 N–H and O–H groups in total. The number of benzene rings is 1. The summed E-state index contributed by atoms with van der Waals surface area (Å²) in [6.07, 6.45) is 2.33. The predicted octanol–water partition coefficient (Wildman–Crippen LogP) is 2.45. The minimum absolute atomic E-state index is 0.0125. The molecule has 1 saturated heterocycles. The number of aromatic amines is 1. The second kappa shape index (κ2) is 8.51. The van der Waals surface area contributed by atoms with Crippen LogP contribution >= 0.6 is 11.6 Å². The number of piperidine rings is 1. The number of carbonyl (C=O) groups is 1. The number of H-pyrrole nitrogens is 1. The van der Waals surface area contributed by atoms with E-state index >= 15 is 0 Å². The first-order chi connectivity index (χ1) is 12.6. The van der Waals surface area contributed by atoms with Gasteiger partial charge in [0.1, 0.15) is 5.82 Å². The Morgan fingerprint density at radius 3 is 2.85 bits per heavy atom. The Hall–Kier alpha value is -2.12. The van der Waals surface area contributed by atoms with Crippen LogP contribution in [0.5, 0.6) is 0 Å². The van der Waals surface area contributed by atoms with Crippen molar-refractivity contribution < 1.29 is 4.79 Å². The molecule has 1 aliphatic rings. The van der Waals surface area contributed by atoms with Crippen molar-refractivity contribution in [3.8, 4) is 0 Å². The molecule has 140 valence electrons. The smallest absolute Gasteiger partial charge is 0.326 e. The summed E-state index contributed by atoms with van der Waals surface area (Å²) in [6, 6.07) is 7.15. The average molecular weight is 378 g/mol. The van der Waals surface area contributed by atoms with E-state index in [1.807, 2.05) is 19.1 Å². The van der Waals surface area contributed by atoms with Crippen LogP contribution in [-0.4, -0.2) is 45.2 Å². The minimum Gasteiger partial charge on any atom is -0.326 e. The van der Waals surface area contributed by atoms with Crippen LogP contribution in [-0.2, 0) is 11.3 Å². The predicted molar refractivity (Wildman–Crippen MR) is 102 cm³/mol. The van der Waals surface area contributed by atoms with Gasteiger partial charge < -0.3 is 10.2 Å². The first-order valence-electron chi connectivity index (χ1n) is 8.99. The maximum Gasteiger partial charge on any atom is 0.343 e. The first-order valence-corrected chi connectivity index (χ1v) is 9.37. The molecule has 7 nitrogen and oxygen atoms in total. The van der Waals surface area contributed by atoms with E-state index in [0.717, 1.165) is 44.0 Å². The number of carbonyl (C=O) groups excluding carboxylic acids is 1. The molecule has 3 rings (SSSR count). The number of likely N-dealkylation sites (tertiary alicyclic amines) is 1. The number of nitrogens with one attached hydrogen (secondary N) is 2. The molecule has 0 atom stereocenters. The summed E-state index contributed by atoms with van der Waals surface area (Å²) in [7, 11) is 0. The lowest BCUT2D eigenvalue weighted by atomic mass is 9.96. The standard InChI is InChI=1S/C18H24ClN5O2/c1-2-24-17(21-22-18(24)26)13-6-9-23(10-7-13)11-8-16(25)20-15-5-3-4-14(19)12-15/h3-5,12-13H,2,6-11H2,1H3,(H,20,25)(H,22,26). The number of rotatable bonds is 6. The largest absolute Gasteiger partial charge is 0.343 e. The zero-order valence-corrected chi connectivity index (χ0v) is 15.6. The van der Waals surface area contributed by atoms with Crippen LogP contribution in [0.4, 0.5) is 5.69 Å². The van der Waals surface area contributed by atoms with Crippen LogP contribution in [0.2, 0.25) is 5.02 Å². The zero-order chi connectivity index (χ0) is 18.5. The van der Waals surface area contributed by atoms with Gasteiger partial charge in [0.2, 0.25) is 5.91 Å². The van der Waals surface area contributed by atoms with Crippen molar-refractivity contribution in [2.45, 2.75) is 38.6 Å². The Kier molecular flexibility index (Phi) is 6.11. The maximum absolute atomic E-state index is 12.1. The molecule has 0 unspecified atom stereocenters. The molecule has 0 saturated carbocycles. The SMILES string of the molecule is CCn1c(C2CCN(CCC(=O)Nc3cccc(Cl)c3)CC2)n[nH]c1=O.